The predicted molar refractivity (Wildman–Crippen MR) is 112 cm³/mol. The fourth-order valence-corrected chi connectivity index (χ4v) is 4.27. The predicted octanol–water partition coefficient (Wildman–Crippen LogP) is 7.91. The first-order valence-electron chi connectivity index (χ1n) is 10.6. The van der Waals surface area contributed by atoms with E-state index in [9.17, 15) is 17.6 Å². The van der Waals surface area contributed by atoms with Gasteiger partial charge in [-0.1, -0.05) is 30.3 Å². The molecule has 0 radical (unpaired) electrons. The zero-order chi connectivity index (χ0) is 21.5. The van der Waals surface area contributed by atoms with E-state index in [1.54, 1.807) is 13.0 Å². The van der Waals surface area contributed by atoms with Gasteiger partial charge in [0.25, 0.3) is 0 Å². The monoisotopic (exact) mass is 420 g/mol. The van der Waals surface area contributed by atoms with E-state index in [1.807, 2.05) is 24.3 Å². The van der Waals surface area contributed by atoms with Crippen LogP contribution in [-0.2, 0) is 0 Å². The minimum atomic E-state index is -1.02. The standard InChI is InChI=1S/C25H28F4O/c1-2-30-23-15-14-22(24(28)25(23)29)20-12-10-19(11-13-20)18-8-6-17(7-9-18)4-3-5-21(27)16-26/h5,10-15,17-18H,2-4,6-9,16H2,1H3. The first kappa shape index (κ1) is 22.4. The van der Waals surface area contributed by atoms with Crippen LogP contribution in [-0.4, -0.2) is 13.3 Å². The first-order valence-corrected chi connectivity index (χ1v) is 10.6. The highest BCUT2D eigenvalue weighted by Gasteiger charge is 2.22. The van der Waals surface area contributed by atoms with Crippen molar-refractivity contribution in [1.82, 2.24) is 0 Å². The Hall–Kier alpha value is -2.30. The molecule has 3 rings (SSSR count). The maximum Gasteiger partial charge on any atom is 0.201 e. The van der Waals surface area contributed by atoms with Crippen LogP contribution in [0.1, 0.15) is 56.9 Å². The molecule has 0 bridgehead atoms. The lowest BCUT2D eigenvalue weighted by Gasteiger charge is -2.28. The van der Waals surface area contributed by atoms with E-state index in [4.69, 9.17) is 4.74 Å². The van der Waals surface area contributed by atoms with Crippen molar-refractivity contribution in [3.8, 4) is 16.9 Å². The van der Waals surface area contributed by atoms with E-state index in [2.05, 4.69) is 0 Å². The van der Waals surface area contributed by atoms with E-state index in [0.717, 1.165) is 32.1 Å². The Morgan fingerprint density at radius 1 is 1.00 bits per heavy atom. The Balaban J connectivity index is 1.60. The topological polar surface area (TPSA) is 9.23 Å². The highest BCUT2D eigenvalue weighted by atomic mass is 19.2. The van der Waals surface area contributed by atoms with Crippen LogP contribution in [0.4, 0.5) is 17.6 Å². The van der Waals surface area contributed by atoms with Gasteiger partial charge in [-0.15, -0.1) is 0 Å². The van der Waals surface area contributed by atoms with Crippen molar-refractivity contribution in [2.75, 3.05) is 13.3 Å². The molecule has 162 valence electrons. The second-order valence-electron chi connectivity index (χ2n) is 7.87. The molecular weight excluding hydrogens is 392 g/mol. The third-order valence-electron chi connectivity index (χ3n) is 5.95. The number of rotatable bonds is 8. The van der Waals surface area contributed by atoms with E-state index >= 15 is 0 Å². The zero-order valence-electron chi connectivity index (χ0n) is 17.3. The second-order valence-corrected chi connectivity index (χ2v) is 7.87. The van der Waals surface area contributed by atoms with Crippen molar-refractivity contribution in [1.29, 1.82) is 0 Å². The van der Waals surface area contributed by atoms with Gasteiger partial charge in [-0.25, -0.2) is 13.2 Å². The maximum absolute atomic E-state index is 14.4. The van der Waals surface area contributed by atoms with Gasteiger partial charge < -0.3 is 4.74 Å². The van der Waals surface area contributed by atoms with E-state index in [-0.39, 0.29) is 17.9 Å². The van der Waals surface area contributed by atoms with Gasteiger partial charge in [0, 0.05) is 5.56 Å². The van der Waals surface area contributed by atoms with E-state index in [0.29, 0.717) is 23.8 Å². The third-order valence-corrected chi connectivity index (χ3v) is 5.95. The molecule has 0 saturated heterocycles. The largest absolute Gasteiger partial charge is 0.491 e. The minimum Gasteiger partial charge on any atom is -0.491 e. The average Bonchev–Trinajstić information content (AvgIpc) is 2.78. The Morgan fingerprint density at radius 2 is 1.70 bits per heavy atom. The van der Waals surface area contributed by atoms with Crippen LogP contribution in [0.3, 0.4) is 0 Å². The summed E-state index contributed by atoms with van der Waals surface area (Å²) in [5, 5.41) is 0. The molecule has 1 aliphatic rings. The molecule has 0 atom stereocenters. The number of hydrogen-bond acceptors (Lipinski definition) is 1. The summed E-state index contributed by atoms with van der Waals surface area (Å²) in [5.41, 5.74) is 2.06. The van der Waals surface area contributed by atoms with Gasteiger partial charge in [0.2, 0.25) is 5.82 Å². The first-order chi connectivity index (χ1) is 14.5. The Bertz CT molecular complexity index is 852. The van der Waals surface area contributed by atoms with Gasteiger partial charge in [0.15, 0.2) is 11.6 Å². The second kappa shape index (κ2) is 10.6. The number of allylic oxidation sites excluding steroid dienone is 2. The number of ether oxygens (including phenoxy) is 1. The SMILES string of the molecule is CCOc1ccc(-c2ccc(C3CCC(CCC=C(F)CF)CC3)cc2)c(F)c1F. The van der Waals surface area contributed by atoms with Gasteiger partial charge in [-0.05, 0) is 80.5 Å². The summed E-state index contributed by atoms with van der Waals surface area (Å²) >= 11 is 0. The quantitative estimate of drug-likeness (QED) is 0.394. The van der Waals surface area contributed by atoms with Crippen LogP contribution >= 0.6 is 0 Å². The van der Waals surface area contributed by atoms with Gasteiger partial charge in [0.05, 0.1) is 6.61 Å². The lowest BCUT2D eigenvalue weighted by atomic mass is 9.77. The molecule has 0 spiro atoms. The zero-order valence-corrected chi connectivity index (χ0v) is 17.3. The molecule has 2 aromatic rings. The Labute approximate surface area is 175 Å². The number of halogens is 4. The third kappa shape index (κ3) is 5.44. The molecule has 2 aromatic carbocycles. The summed E-state index contributed by atoms with van der Waals surface area (Å²) < 4.78 is 58.7. The molecule has 30 heavy (non-hydrogen) atoms. The Morgan fingerprint density at radius 3 is 2.33 bits per heavy atom. The molecule has 0 amide bonds. The molecule has 1 saturated carbocycles. The average molecular weight is 420 g/mol. The van der Waals surface area contributed by atoms with Crippen LogP contribution < -0.4 is 4.74 Å². The molecular formula is C25H28F4O. The fraction of sp³-hybridized carbons (Fsp3) is 0.440. The lowest BCUT2D eigenvalue weighted by Crippen LogP contribution is -2.13. The van der Waals surface area contributed by atoms with Gasteiger partial charge in [0.1, 0.15) is 12.5 Å². The lowest BCUT2D eigenvalue weighted by molar-refractivity contribution is 0.311. The van der Waals surface area contributed by atoms with Crippen molar-refractivity contribution < 1.29 is 22.3 Å². The van der Waals surface area contributed by atoms with Crippen LogP contribution in [0.5, 0.6) is 5.75 Å². The Kier molecular flexibility index (Phi) is 7.94. The van der Waals surface area contributed by atoms with Gasteiger partial charge >= 0.3 is 0 Å². The van der Waals surface area contributed by atoms with E-state index < -0.39 is 24.1 Å². The highest BCUT2D eigenvalue weighted by molar-refractivity contribution is 5.65. The van der Waals surface area contributed by atoms with Crippen molar-refractivity contribution in [3.05, 3.63) is 65.5 Å². The maximum atomic E-state index is 14.4. The molecule has 1 aliphatic carbocycles. The van der Waals surface area contributed by atoms with Crippen molar-refractivity contribution in [2.45, 2.75) is 51.4 Å². The summed E-state index contributed by atoms with van der Waals surface area (Å²) in [6, 6.07) is 10.7. The summed E-state index contributed by atoms with van der Waals surface area (Å²) in [5.74, 6) is -1.62. The van der Waals surface area contributed by atoms with Gasteiger partial charge in [-0.2, -0.15) is 4.39 Å². The smallest absolute Gasteiger partial charge is 0.201 e. The highest BCUT2D eigenvalue weighted by Crippen LogP contribution is 2.38. The number of alkyl halides is 1. The van der Waals surface area contributed by atoms with Crippen molar-refractivity contribution >= 4 is 0 Å². The summed E-state index contributed by atoms with van der Waals surface area (Å²) in [4.78, 5) is 0. The summed E-state index contributed by atoms with van der Waals surface area (Å²) in [7, 11) is 0. The molecule has 0 aromatic heterocycles. The molecule has 1 nitrogen and oxygen atoms in total. The summed E-state index contributed by atoms with van der Waals surface area (Å²) in [6.45, 7) is 0.981. The molecule has 0 N–H and O–H groups in total. The van der Waals surface area contributed by atoms with E-state index in [1.165, 1.54) is 17.7 Å². The molecule has 0 unspecified atom stereocenters. The van der Waals surface area contributed by atoms with Gasteiger partial charge in [-0.3, -0.25) is 0 Å². The molecule has 5 heteroatoms. The number of hydrogen-bond donors (Lipinski definition) is 0. The van der Waals surface area contributed by atoms with Crippen LogP contribution in [0.25, 0.3) is 11.1 Å². The molecule has 0 aliphatic heterocycles. The van der Waals surface area contributed by atoms with Crippen LogP contribution in [0.2, 0.25) is 0 Å². The van der Waals surface area contributed by atoms with Crippen LogP contribution in [0.15, 0.2) is 48.3 Å². The van der Waals surface area contributed by atoms with Crippen molar-refractivity contribution in [3.63, 3.8) is 0 Å². The normalized spacial score (nSPS) is 19.7. The molecule has 1 fully saturated rings. The minimum absolute atomic E-state index is 0.0740. The van der Waals surface area contributed by atoms with Crippen molar-refractivity contribution in [2.24, 2.45) is 5.92 Å². The molecule has 0 heterocycles. The number of benzene rings is 2. The van der Waals surface area contributed by atoms with Crippen LogP contribution in [0, 0.1) is 17.6 Å². The summed E-state index contributed by atoms with van der Waals surface area (Å²) in [6.07, 6.45) is 7.06. The fourth-order valence-electron chi connectivity index (χ4n) is 4.27.